The summed E-state index contributed by atoms with van der Waals surface area (Å²) in [5.41, 5.74) is 3.93. The van der Waals surface area contributed by atoms with Crippen molar-refractivity contribution in [3.63, 3.8) is 0 Å². The number of amides is 2. The van der Waals surface area contributed by atoms with Crippen LogP contribution in [-0.2, 0) is 10.2 Å². The topological polar surface area (TPSA) is 78.4 Å². The number of benzene rings is 1. The number of urea groups is 1. The van der Waals surface area contributed by atoms with E-state index in [0.29, 0.717) is 19.5 Å². The minimum Gasteiger partial charge on any atom is -0.481 e. The molecule has 5 heteroatoms. The Bertz CT molecular complexity index is 565. The average molecular weight is 304 g/mol. The summed E-state index contributed by atoms with van der Waals surface area (Å²) >= 11 is 0. The van der Waals surface area contributed by atoms with Gasteiger partial charge in [-0.15, -0.1) is 0 Å². The van der Waals surface area contributed by atoms with Crippen molar-refractivity contribution in [1.82, 2.24) is 10.6 Å². The first-order chi connectivity index (χ1) is 10.4. The van der Waals surface area contributed by atoms with Crippen LogP contribution in [-0.4, -0.2) is 30.2 Å². The number of carbonyl (C=O) groups is 2. The van der Waals surface area contributed by atoms with Gasteiger partial charge in [0.1, 0.15) is 0 Å². The molecule has 0 saturated heterocycles. The van der Waals surface area contributed by atoms with Gasteiger partial charge in [-0.1, -0.05) is 23.8 Å². The normalized spacial score (nSPS) is 15.2. The Morgan fingerprint density at radius 1 is 1.23 bits per heavy atom. The second kappa shape index (κ2) is 6.81. The van der Waals surface area contributed by atoms with Crippen molar-refractivity contribution in [3.8, 4) is 0 Å². The van der Waals surface area contributed by atoms with Gasteiger partial charge in [-0.05, 0) is 44.2 Å². The summed E-state index contributed by atoms with van der Waals surface area (Å²) in [4.78, 5) is 22.2. The fraction of sp³-hybridized carbons (Fsp3) is 0.529. The zero-order valence-electron chi connectivity index (χ0n) is 13.2. The fourth-order valence-corrected chi connectivity index (χ4v) is 2.85. The van der Waals surface area contributed by atoms with E-state index in [1.165, 1.54) is 16.7 Å². The molecule has 1 aliphatic carbocycles. The van der Waals surface area contributed by atoms with Crippen LogP contribution < -0.4 is 10.6 Å². The Hall–Kier alpha value is -2.04. The van der Waals surface area contributed by atoms with Crippen LogP contribution in [0.3, 0.4) is 0 Å². The van der Waals surface area contributed by atoms with E-state index >= 15 is 0 Å². The average Bonchev–Trinajstić information content (AvgIpc) is 3.22. The zero-order chi connectivity index (χ0) is 16.2. The van der Waals surface area contributed by atoms with E-state index in [0.717, 1.165) is 12.8 Å². The lowest BCUT2D eigenvalue weighted by Gasteiger charge is -2.19. The molecule has 1 saturated carbocycles. The number of aliphatic carboxylic acids is 1. The molecule has 22 heavy (non-hydrogen) atoms. The van der Waals surface area contributed by atoms with E-state index in [4.69, 9.17) is 5.11 Å². The molecule has 0 atom stereocenters. The van der Waals surface area contributed by atoms with Crippen molar-refractivity contribution in [3.05, 3.63) is 34.9 Å². The van der Waals surface area contributed by atoms with E-state index < -0.39 is 5.97 Å². The van der Waals surface area contributed by atoms with Crippen LogP contribution in [0, 0.1) is 13.8 Å². The fourth-order valence-electron chi connectivity index (χ4n) is 2.85. The van der Waals surface area contributed by atoms with E-state index in [9.17, 15) is 9.59 Å². The van der Waals surface area contributed by atoms with E-state index in [-0.39, 0.29) is 17.9 Å². The molecule has 0 aliphatic heterocycles. The maximum atomic E-state index is 11.8. The monoisotopic (exact) mass is 304 g/mol. The molecule has 2 amide bonds. The minimum absolute atomic E-state index is 0.0762. The molecule has 120 valence electrons. The highest BCUT2D eigenvalue weighted by Gasteiger charge is 2.45. The predicted octanol–water partition coefficient (Wildman–Crippen LogP) is 2.50. The number of rotatable bonds is 7. The Labute approximate surface area is 131 Å². The molecular formula is C17H24N2O3. The second-order valence-electron chi connectivity index (χ2n) is 6.21. The van der Waals surface area contributed by atoms with Gasteiger partial charge in [0.05, 0.1) is 0 Å². The second-order valence-corrected chi connectivity index (χ2v) is 6.21. The largest absolute Gasteiger partial charge is 0.481 e. The standard InChI is InChI=1S/C17H24N2O3/c1-12-5-6-14(13(2)10-12)17(7-8-17)11-19-16(22)18-9-3-4-15(20)21/h5-6,10H,3-4,7-9,11H2,1-2H3,(H,20,21)(H2,18,19,22). The first kappa shape index (κ1) is 16.3. The quantitative estimate of drug-likeness (QED) is 0.677. The Morgan fingerprint density at radius 2 is 1.95 bits per heavy atom. The molecule has 1 fully saturated rings. The van der Waals surface area contributed by atoms with Crippen LogP contribution in [0.5, 0.6) is 0 Å². The highest BCUT2D eigenvalue weighted by molar-refractivity contribution is 5.74. The van der Waals surface area contributed by atoms with E-state index in [1.807, 2.05) is 0 Å². The lowest BCUT2D eigenvalue weighted by Crippen LogP contribution is -2.40. The van der Waals surface area contributed by atoms with Gasteiger partial charge in [-0.2, -0.15) is 0 Å². The smallest absolute Gasteiger partial charge is 0.314 e. The van der Waals surface area contributed by atoms with Crippen LogP contribution in [0.1, 0.15) is 42.4 Å². The van der Waals surface area contributed by atoms with Crippen molar-refractivity contribution < 1.29 is 14.7 Å². The first-order valence-corrected chi connectivity index (χ1v) is 7.74. The van der Waals surface area contributed by atoms with Gasteiger partial charge in [0.25, 0.3) is 0 Å². The number of carboxylic acid groups (broad SMARTS) is 1. The van der Waals surface area contributed by atoms with Crippen molar-refractivity contribution in [2.45, 2.75) is 44.9 Å². The van der Waals surface area contributed by atoms with Crippen molar-refractivity contribution in [2.75, 3.05) is 13.1 Å². The van der Waals surface area contributed by atoms with Gasteiger partial charge in [-0.3, -0.25) is 4.79 Å². The maximum Gasteiger partial charge on any atom is 0.314 e. The summed E-state index contributed by atoms with van der Waals surface area (Å²) in [7, 11) is 0. The Kier molecular flexibility index (Phi) is 5.06. The molecule has 1 aromatic carbocycles. The minimum atomic E-state index is -0.839. The summed E-state index contributed by atoms with van der Waals surface area (Å²) in [6, 6.07) is 6.25. The number of carboxylic acids is 1. The molecule has 1 aliphatic rings. The highest BCUT2D eigenvalue weighted by atomic mass is 16.4. The molecule has 3 N–H and O–H groups in total. The lowest BCUT2D eigenvalue weighted by molar-refractivity contribution is -0.137. The van der Waals surface area contributed by atoms with Crippen molar-refractivity contribution >= 4 is 12.0 Å². The van der Waals surface area contributed by atoms with Gasteiger partial charge >= 0.3 is 12.0 Å². The number of carbonyl (C=O) groups excluding carboxylic acids is 1. The third-order valence-electron chi connectivity index (χ3n) is 4.25. The molecular weight excluding hydrogens is 280 g/mol. The summed E-state index contributed by atoms with van der Waals surface area (Å²) in [6.07, 6.45) is 2.71. The summed E-state index contributed by atoms with van der Waals surface area (Å²) in [5.74, 6) is -0.839. The zero-order valence-corrected chi connectivity index (χ0v) is 13.2. The lowest BCUT2D eigenvalue weighted by atomic mass is 9.91. The number of hydrogen-bond acceptors (Lipinski definition) is 2. The van der Waals surface area contributed by atoms with E-state index in [1.54, 1.807) is 0 Å². The van der Waals surface area contributed by atoms with Crippen molar-refractivity contribution in [2.24, 2.45) is 0 Å². The molecule has 2 rings (SSSR count). The molecule has 0 aromatic heterocycles. The summed E-state index contributed by atoms with van der Waals surface area (Å²) < 4.78 is 0. The maximum absolute atomic E-state index is 11.8. The number of hydrogen-bond donors (Lipinski definition) is 3. The number of aryl methyl sites for hydroxylation is 2. The van der Waals surface area contributed by atoms with Gasteiger partial charge in [-0.25, -0.2) is 4.79 Å². The van der Waals surface area contributed by atoms with Gasteiger partial charge < -0.3 is 15.7 Å². The van der Waals surface area contributed by atoms with Crippen LogP contribution in [0.2, 0.25) is 0 Å². The van der Waals surface area contributed by atoms with Crippen molar-refractivity contribution in [1.29, 1.82) is 0 Å². The first-order valence-electron chi connectivity index (χ1n) is 7.74. The molecule has 0 unspecified atom stereocenters. The van der Waals surface area contributed by atoms with Crippen LogP contribution in [0.4, 0.5) is 4.79 Å². The van der Waals surface area contributed by atoms with Gasteiger partial charge in [0, 0.05) is 24.9 Å². The van der Waals surface area contributed by atoms with Crippen LogP contribution >= 0.6 is 0 Å². The van der Waals surface area contributed by atoms with Crippen LogP contribution in [0.15, 0.2) is 18.2 Å². The van der Waals surface area contributed by atoms with Gasteiger partial charge in [0.15, 0.2) is 0 Å². The Balaban J connectivity index is 1.81. The molecule has 5 nitrogen and oxygen atoms in total. The number of nitrogens with one attached hydrogen (secondary N) is 2. The Morgan fingerprint density at radius 3 is 2.55 bits per heavy atom. The summed E-state index contributed by atoms with van der Waals surface area (Å²) in [6.45, 7) is 5.21. The molecule has 0 heterocycles. The third kappa shape index (κ3) is 4.23. The molecule has 1 aromatic rings. The van der Waals surface area contributed by atoms with E-state index in [2.05, 4.69) is 42.7 Å². The third-order valence-corrected chi connectivity index (χ3v) is 4.25. The molecule has 0 radical (unpaired) electrons. The predicted molar refractivity (Wildman–Crippen MR) is 85.1 cm³/mol. The summed E-state index contributed by atoms with van der Waals surface area (Å²) in [5, 5.41) is 14.2. The SMILES string of the molecule is Cc1ccc(C2(CNC(=O)NCCCC(=O)O)CC2)c(C)c1. The van der Waals surface area contributed by atoms with Gasteiger partial charge in [0.2, 0.25) is 0 Å². The molecule has 0 bridgehead atoms. The van der Waals surface area contributed by atoms with Crippen LogP contribution in [0.25, 0.3) is 0 Å². The highest BCUT2D eigenvalue weighted by Crippen LogP contribution is 2.48. The molecule has 0 spiro atoms.